The summed E-state index contributed by atoms with van der Waals surface area (Å²) in [7, 11) is 0. The van der Waals surface area contributed by atoms with E-state index >= 15 is 0 Å². The number of phenolic OH excluding ortho intramolecular Hbond substituents is 1. The van der Waals surface area contributed by atoms with Gasteiger partial charge in [0.05, 0.1) is 35.2 Å². The largest absolute Gasteiger partial charge is 0.507 e. The third-order valence-electron chi connectivity index (χ3n) is 16.8. The lowest BCUT2D eigenvalue weighted by molar-refractivity contribution is -0.145. The van der Waals surface area contributed by atoms with Crippen molar-refractivity contribution in [1.29, 1.82) is 0 Å². The lowest BCUT2D eigenvalue weighted by atomic mass is 9.89. The number of nitrogens with one attached hydrogen (secondary N) is 4. The molecule has 1 unspecified atom stereocenters. The van der Waals surface area contributed by atoms with Crippen LogP contribution in [-0.4, -0.2) is 246 Å². The predicted molar refractivity (Wildman–Crippen MR) is 369 cm³/mol. The van der Waals surface area contributed by atoms with Gasteiger partial charge in [0.1, 0.15) is 41.2 Å². The van der Waals surface area contributed by atoms with Crippen LogP contribution in [0, 0.1) is 15.4 Å². The number of aromatic hydroxyl groups is 1. The Morgan fingerprint density at radius 2 is 1.01 bits per heavy atom. The first kappa shape index (κ1) is 87.1. The molecule has 2 aromatic rings. The van der Waals surface area contributed by atoms with Crippen molar-refractivity contribution >= 4 is 105 Å². The van der Waals surface area contributed by atoms with Gasteiger partial charge in [-0.15, -0.1) is 0 Å². The maximum atomic E-state index is 14.6. The maximum Gasteiger partial charge on any atom is 0.326 e. The van der Waals surface area contributed by atoms with Crippen molar-refractivity contribution in [2.75, 3.05) is 78.5 Å². The quantitative estimate of drug-likeness (QED) is 0.0319. The molecule has 0 aliphatic carbocycles. The van der Waals surface area contributed by atoms with E-state index in [0.29, 0.717) is 78.9 Å². The summed E-state index contributed by atoms with van der Waals surface area (Å²) in [6.45, 7) is 2.10. The number of ketones is 4. The summed E-state index contributed by atoms with van der Waals surface area (Å²) in [4.78, 5) is 183. The molecule has 4 amide bonds. The smallest absolute Gasteiger partial charge is 0.326 e. The van der Waals surface area contributed by atoms with Crippen molar-refractivity contribution in [3.63, 3.8) is 0 Å². The fourth-order valence-corrected chi connectivity index (χ4v) is 12.0. The summed E-state index contributed by atoms with van der Waals surface area (Å²) in [5.74, 6) is -13.3. The molecule has 1 heterocycles. The fourth-order valence-electron chi connectivity index (χ4n) is 11.4. The first-order valence-electron chi connectivity index (χ1n) is 33.2. The number of unbranched alkanes of at least 4 members (excludes halogenated alkanes) is 6. The number of nitrogens with zero attached hydrogens (tertiary/aromatic N) is 4. The molecule has 1 saturated heterocycles. The molecule has 0 aromatic heterocycles. The molecule has 552 valence electrons. The summed E-state index contributed by atoms with van der Waals surface area (Å²) >= 11 is 1.91. The van der Waals surface area contributed by atoms with E-state index in [1.807, 2.05) is 27.5 Å². The lowest BCUT2D eigenvalue weighted by Crippen LogP contribution is -2.51. The molecular weight excluding hydrogens is 1410 g/mol. The van der Waals surface area contributed by atoms with Gasteiger partial charge < -0.3 is 62.1 Å². The number of urea groups is 1. The molecule has 0 radical (unpaired) electrons. The molecule has 2 aromatic carbocycles. The number of hydrogen-bond acceptors (Lipinski definition) is 19. The molecule has 1 aliphatic heterocycles. The first-order valence-corrected chi connectivity index (χ1v) is 34.3. The number of rotatable bonds is 48. The van der Waals surface area contributed by atoms with Gasteiger partial charge in [-0.3, -0.25) is 72.3 Å². The minimum atomic E-state index is -1.53. The van der Waals surface area contributed by atoms with Gasteiger partial charge in [0.2, 0.25) is 11.8 Å². The minimum Gasteiger partial charge on any atom is -0.507 e. The fraction of sp³-hybridized carbons (Fsp3) is 0.618. The van der Waals surface area contributed by atoms with Crippen LogP contribution in [-0.2, 0) is 75.2 Å². The van der Waals surface area contributed by atoms with Crippen LogP contribution in [0.15, 0.2) is 48.5 Å². The topological polar surface area (TPSA) is 462 Å². The molecule has 1 aliphatic rings. The van der Waals surface area contributed by atoms with Crippen molar-refractivity contribution in [3.05, 3.63) is 63.2 Å². The highest BCUT2D eigenvalue weighted by molar-refractivity contribution is 14.1. The van der Waals surface area contributed by atoms with E-state index in [1.54, 1.807) is 57.2 Å². The van der Waals surface area contributed by atoms with E-state index in [1.165, 1.54) is 13.0 Å². The molecule has 3 rings (SSSR count). The normalized spacial score (nSPS) is 15.3. The van der Waals surface area contributed by atoms with Crippen LogP contribution in [0.4, 0.5) is 4.79 Å². The van der Waals surface area contributed by atoms with Gasteiger partial charge in [0.15, 0.2) is 5.78 Å². The average Bonchev–Trinajstić information content (AvgIpc) is 0.862. The van der Waals surface area contributed by atoms with Crippen molar-refractivity contribution < 1.29 is 108 Å². The summed E-state index contributed by atoms with van der Waals surface area (Å²) in [6.07, 6.45) is 3.04. The number of aliphatic carboxylic acids is 7. The highest BCUT2D eigenvalue weighted by Gasteiger charge is 2.34. The number of amides is 4. The molecule has 12 N–H and O–H groups in total. The standard InChI is InChI=1S/C67H97IN8O22.CH4/c1-44(77)41-73-28-30-74(42-60(85)86)32-34-76(35-33-75(31-29-73)43-61(87)88)55(66(96)97)24-22-50(79)39-48(36-46-21-25-56(80)51(68)37-46)62(89)70-54(38-45-14-6-4-7-15-45)57(81)40-47(63(90)91)16-8-5-10-18-49(78)17-9-2-3-11-20-58(82)69-27-13-12-19-52(64(92)93)71-67(98)72-53(65(94)95)23-26-59(83)84;/h4,6-7,14-15,21,25,37,47-48,52-55,80H,2-3,5,8-13,16-20,22-24,26-36,38-43H2,1H3,(H,69,82)(H,70,89)(H,83,84)(H,85,86)(H,87,88)(H,90,91)(H,92,93)(H,94,95)(H,96,97)(H2,71,72,98);1H4/t47-,48-,52-,53-,54+,55?;/m0./s1. The van der Waals surface area contributed by atoms with Crippen LogP contribution in [0.3, 0.4) is 0 Å². The van der Waals surface area contributed by atoms with Gasteiger partial charge in [-0.1, -0.05) is 69.5 Å². The minimum absolute atomic E-state index is 0. The number of carbonyl (C=O) groups excluding carboxylic acids is 7. The van der Waals surface area contributed by atoms with E-state index in [4.69, 9.17) is 5.11 Å². The van der Waals surface area contributed by atoms with E-state index in [0.717, 1.165) is 0 Å². The third-order valence-corrected chi connectivity index (χ3v) is 17.7. The Kier molecular flexibility index (Phi) is 42.1. The van der Waals surface area contributed by atoms with E-state index < -0.39 is 127 Å². The highest BCUT2D eigenvalue weighted by atomic mass is 127. The lowest BCUT2D eigenvalue weighted by Gasteiger charge is -2.35. The Labute approximate surface area is 590 Å². The summed E-state index contributed by atoms with van der Waals surface area (Å²) in [5, 5.41) is 88.2. The molecule has 0 bridgehead atoms. The monoisotopic (exact) mass is 1510 g/mol. The van der Waals surface area contributed by atoms with Crippen molar-refractivity contribution in [3.8, 4) is 5.75 Å². The van der Waals surface area contributed by atoms with Gasteiger partial charge >= 0.3 is 47.8 Å². The van der Waals surface area contributed by atoms with E-state index in [2.05, 4.69) is 21.3 Å². The zero-order chi connectivity index (χ0) is 72.7. The molecule has 30 nitrogen and oxygen atoms in total. The number of carboxylic acids is 7. The Morgan fingerprint density at radius 1 is 0.475 bits per heavy atom. The molecule has 6 atom stereocenters. The van der Waals surface area contributed by atoms with E-state index in [9.17, 15) is 103 Å². The molecule has 1 fully saturated rings. The Hall–Kier alpha value is -8.01. The number of hydrogen-bond donors (Lipinski definition) is 12. The van der Waals surface area contributed by atoms with Crippen LogP contribution in [0.25, 0.3) is 0 Å². The molecule has 0 saturated carbocycles. The summed E-state index contributed by atoms with van der Waals surface area (Å²) in [5.41, 5.74) is 1.20. The molecule has 31 heteroatoms. The van der Waals surface area contributed by atoms with Crippen molar-refractivity contribution in [2.24, 2.45) is 11.8 Å². The number of phenols is 1. The predicted octanol–water partition coefficient (Wildman–Crippen LogP) is 4.57. The van der Waals surface area contributed by atoms with Crippen LogP contribution in [0.1, 0.15) is 154 Å². The second-order valence-electron chi connectivity index (χ2n) is 24.9. The second kappa shape index (κ2) is 47.9. The second-order valence-corrected chi connectivity index (χ2v) is 26.0. The van der Waals surface area contributed by atoms with Crippen LogP contribution in [0.2, 0.25) is 0 Å². The number of carbonyl (C=O) groups is 14. The summed E-state index contributed by atoms with van der Waals surface area (Å²) < 4.78 is 0.453. The SMILES string of the molecule is C.CC(=O)CN1CCN(CC(=O)O)CCN(C(CCC(=O)C[C@H](Cc2ccc(O)c(I)c2)C(=O)N[C@H](Cc2ccccc2)C(=O)C[C@H](CCCCCC(=O)CCCCCCC(=O)NCCCC[C@H](NC(=O)N[C@@H](CCC(=O)O)C(=O)O)C(=O)O)C(=O)O)C(=O)O)CCN(CC(=O)O)CC1. The zero-order valence-corrected chi connectivity index (χ0v) is 57.7. The van der Waals surface area contributed by atoms with E-state index in [-0.39, 0.29) is 161 Å². The number of Topliss-reactive ketones (excluding diaryl/α,β-unsaturated/α-hetero) is 4. The van der Waals surface area contributed by atoms with Gasteiger partial charge in [0, 0.05) is 110 Å². The van der Waals surface area contributed by atoms with Gasteiger partial charge in [-0.05, 0) is 123 Å². The number of carboxylic acid groups (broad SMARTS) is 7. The third kappa shape index (κ3) is 37.7. The zero-order valence-electron chi connectivity index (χ0n) is 55.6. The van der Waals surface area contributed by atoms with Crippen LogP contribution < -0.4 is 21.3 Å². The van der Waals surface area contributed by atoms with Gasteiger partial charge in [-0.2, -0.15) is 0 Å². The molecular formula is C68H101IN8O22. The average molecular weight is 1510 g/mol. The van der Waals surface area contributed by atoms with Crippen LogP contribution in [0.5, 0.6) is 5.75 Å². The number of halogens is 1. The molecule has 0 spiro atoms. The summed E-state index contributed by atoms with van der Waals surface area (Å²) in [6, 6.07) is 6.83. The molecule has 99 heavy (non-hydrogen) atoms. The first-order chi connectivity index (χ1) is 46.5. The highest BCUT2D eigenvalue weighted by Crippen LogP contribution is 2.25. The number of benzene rings is 2. The Morgan fingerprint density at radius 3 is 1.54 bits per heavy atom. The Balaban J connectivity index is 0.0000333. The van der Waals surface area contributed by atoms with Gasteiger partial charge in [0.25, 0.3) is 0 Å². The van der Waals surface area contributed by atoms with Gasteiger partial charge in [-0.25, -0.2) is 14.4 Å². The Bertz CT molecular complexity index is 2960. The van der Waals surface area contributed by atoms with Crippen molar-refractivity contribution in [1.82, 2.24) is 40.9 Å². The maximum absolute atomic E-state index is 14.6. The van der Waals surface area contributed by atoms with Crippen LogP contribution >= 0.6 is 22.6 Å². The van der Waals surface area contributed by atoms with Crippen molar-refractivity contribution in [2.45, 2.75) is 180 Å².